The largest absolute Gasteiger partial charge is 0.480 e. The Morgan fingerprint density at radius 2 is 2.09 bits per heavy atom. The predicted molar refractivity (Wildman–Crippen MR) is 143 cm³/mol. The van der Waals surface area contributed by atoms with Crippen LogP contribution in [0.25, 0.3) is 0 Å². The van der Waals surface area contributed by atoms with Gasteiger partial charge in [0.25, 0.3) is 0 Å². The molecule has 0 aromatic carbocycles. The van der Waals surface area contributed by atoms with Gasteiger partial charge in [-0.3, -0.25) is 14.7 Å². The fraction of sp³-hybridized carbons (Fsp3) is 0.607. The fourth-order valence-electron chi connectivity index (χ4n) is 5.84. The number of hydrogen-bond acceptors (Lipinski definition) is 5. The van der Waals surface area contributed by atoms with Crippen molar-refractivity contribution in [2.75, 3.05) is 18.4 Å². The normalized spacial score (nSPS) is 23.9. The average Bonchev–Trinajstić information content (AvgIpc) is 3.59. The first-order valence-electron chi connectivity index (χ1n) is 13.4. The Labute approximate surface area is 211 Å². The number of fused-ring (bicyclic) bond motifs is 1. The van der Waals surface area contributed by atoms with Crippen molar-refractivity contribution < 1.29 is 9.90 Å². The van der Waals surface area contributed by atoms with E-state index in [1.807, 2.05) is 12.1 Å². The highest BCUT2D eigenvalue weighted by molar-refractivity contribution is 7.17. The van der Waals surface area contributed by atoms with Crippen molar-refractivity contribution in [1.29, 1.82) is 0 Å². The van der Waals surface area contributed by atoms with Crippen LogP contribution in [-0.2, 0) is 17.6 Å². The van der Waals surface area contributed by atoms with Crippen LogP contribution in [0.1, 0.15) is 86.3 Å². The van der Waals surface area contributed by atoms with Crippen LogP contribution in [0, 0.1) is 5.92 Å². The maximum Gasteiger partial charge on any atom is 0.325 e. The molecular formula is C28H39N4O2P. The summed E-state index contributed by atoms with van der Waals surface area (Å²) >= 11 is 0. The summed E-state index contributed by atoms with van der Waals surface area (Å²) in [5.41, 5.74) is 4.96. The van der Waals surface area contributed by atoms with Gasteiger partial charge in [0.2, 0.25) is 0 Å². The highest BCUT2D eigenvalue weighted by Crippen LogP contribution is 2.43. The molecule has 1 saturated heterocycles. The zero-order valence-electron chi connectivity index (χ0n) is 20.8. The number of nitrogens with one attached hydrogen (secondary N) is 1. The Morgan fingerprint density at radius 1 is 1.23 bits per heavy atom. The number of anilines is 1. The molecule has 0 spiro atoms. The number of hydrogen-bond donors (Lipinski definition) is 2. The fourth-order valence-corrected chi connectivity index (χ4v) is 6.39. The molecule has 5 atom stereocenters. The number of carboxylic acids is 1. The van der Waals surface area contributed by atoms with Gasteiger partial charge in [-0.05, 0) is 94.1 Å². The molecule has 1 aliphatic carbocycles. The summed E-state index contributed by atoms with van der Waals surface area (Å²) in [6.07, 6.45) is 11.9. The molecule has 0 bridgehead atoms. The van der Waals surface area contributed by atoms with Gasteiger partial charge >= 0.3 is 5.97 Å². The summed E-state index contributed by atoms with van der Waals surface area (Å²) in [4.78, 5) is 23.9. The summed E-state index contributed by atoms with van der Waals surface area (Å²) in [5, 5.41) is 13.7. The van der Waals surface area contributed by atoms with Crippen LogP contribution in [-0.4, -0.2) is 50.7 Å². The lowest BCUT2D eigenvalue weighted by atomic mass is 9.98. The number of carboxylic acid groups (broad SMARTS) is 1. The van der Waals surface area contributed by atoms with Crippen molar-refractivity contribution in [3.8, 4) is 0 Å². The molecule has 35 heavy (non-hydrogen) atoms. The number of carbonyl (C=O) groups is 1. The molecule has 2 fully saturated rings. The van der Waals surface area contributed by atoms with Crippen LogP contribution in [0.2, 0.25) is 0 Å². The molecule has 0 radical (unpaired) electrons. The standard InChI is InChI=1S/C28H39N4O2P/c1-18-8-9-20-12-13-22(31-27(20)30-18)5-2-3-7-24(35)21-14-16-32(17-21)26(28(33)34)23-6-4-15-29-25(23)19-10-11-19/h4,6,12-13,15,18-19,21,24,26H,2-3,5,7-11,14,16-17,35H2,1H3,(H,30,31)(H,33,34)/t18-,21?,24?,26+/m1/s1. The first-order chi connectivity index (χ1) is 17.0. The molecule has 2 N–H and O–H groups in total. The Morgan fingerprint density at radius 3 is 2.89 bits per heavy atom. The molecule has 6 nitrogen and oxygen atoms in total. The van der Waals surface area contributed by atoms with Gasteiger partial charge in [0.05, 0.1) is 0 Å². The van der Waals surface area contributed by atoms with Crippen molar-refractivity contribution in [1.82, 2.24) is 14.9 Å². The number of pyridine rings is 2. The minimum absolute atomic E-state index is 0.449. The third-order valence-electron chi connectivity index (χ3n) is 8.08. The van der Waals surface area contributed by atoms with E-state index in [0.29, 0.717) is 23.5 Å². The van der Waals surface area contributed by atoms with Crippen molar-refractivity contribution in [3.05, 3.63) is 53.0 Å². The van der Waals surface area contributed by atoms with E-state index in [1.54, 1.807) is 6.20 Å². The second-order valence-electron chi connectivity index (χ2n) is 10.8. The average molecular weight is 495 g/mol. The first-order valence-corrected chi connectivity index (χ1v) is 14.1. The number of aliphatic carboxylic acids is 1. The Kier molecular flexibility index (Phi) is 7.69. The van der Waals surface area contributed by atoms with E-state index in [0.717, 1.165) is 75.1 Å². The molecular weight excluding hydrogens is 455 g/mol. The van der Waals surface area contributed by atoms with Crippen molar-refractivity contribution in [2.45, 2.75) is 88.4 Å². The second-order valence-corrected chi connectivity index (χ2v) is 11.7. The SMILES string of the molecule is C[C@@H]1CCc2ccc(CCCCC(P)C3CCN([C@H](C(=O)O)c4cccnc4C4CC4)C3)nc2N1. The highest BCUT2D eigenvalue weighted by atomic mass is 31.0. The first kappa shape index (κ1) is 24.6. The van der Waals surface area contributed by atoms with Crippen molar-refractivity contribution >= 4 is 21.0 Å². The molecule has 5 rings (SSSR count). The minimum Gasteiger partial charge on any atom is -0.480 e. The van der Waals surface area contributed by atoms with Crippen molar-refractivity contribution in [2.24, 2.45) is 5.92 Å². The number of rotatable bonds is 10. The molecule has 4 heterocycles. The van der Waals surface area contributed by atoms with Crippen LogP contribution < -0.4 is 5.32 Å². The summed E-state index contributed by atoms with van der Waals surface area (Å²) in [6.45, 7) is 3.91. The van der Waals surface area contributed by atoms with Gasteiger partial charge < -0.3 is 10.4 Å². The molecule has 1 saturated carbocycles. The zero-order valence-corrected chi connectivity index (χ0v) is 22.0. The summed E-state index contributed by atoms with van der Waals surface area (Å²) in [5.74, 6) is 1.31. The van der Waals surface area contributed by atoms with Crippen LogP contribution >= 0.6 is 9.24 Å². The third kappa shape index (κ3) is 5.86. The number of aromatic nitrogens is 2. The predicted octanol–water partition coefficient (Wildman–Crippen LogP) is 5.20. The van der Waals surface area contributed by atoms with Crippen LogP contribution in [0.5, 0.6) is 0 Å². The van der Waals surface area contributed by atoms with Gasteiger partial charge in [-0.15, -0.1) is 9.24 Å². The van der Waals surface area contributed by atoms with E-state index < -0.39 is 12.0 Å². The number of aryl methyl sites for hydroxylation is 2. The maximum atomic E-state index is 12.3. The molecule has 2 aromatic rings. The van der Waals surface area contributed by atoms with E-state index >= 15 is 0 Å². The molecule has 0 amide bonds. The van der Waals surface area contributed by atoms with Crippen LogP contribution in [0.3, 0.4) is 0 Å². The topological polar surface area (TPSA) is 78.4 Å². The van der Waals surface area contributed by atoms with E-state index in [1.165, 1.54) is 24.1 Å². The minimum atomic E-state index is -0.748. The number of nitrogens with zero attached hydrogens (tertiary/aromatic N) is 3. The van der Waals surface area contributed by atoms with Gasteiger partial charge in [-0.2, -0.15) is 0 Å². The monoisotopic (exact) mass is 494 g/mol. The third-order valence-corrected chi connectivity index (χ3v) is 8.95. The van der Waals surface area contributed by atoms with Crippen LogP contribution in [0.4, 0.5) is 5.82 Å². The molecule has 188 valence electrons. The summed E-state index contributed by atoms with van der Waals surface area (Å²) in [7, 11) is 3.06. The quantitative estimate of drug-likeness (QED) is 0.349. The molecule has 7 heteroatoms. The molecule has 2 aromatic heterocycles. The molecule has 2 aliphatic heterocycles. The molecule has 3 aliphatic rings. The Hall–Kier alpha value is -2.04. The Balaban J connectivity index is 1.12. The summed E-state index contributed by atoms with van der Waals surface area (Å²) < 4.78 is 0. The van der Waals surface area contributed by atoms with Gasteiger partial charge in [-0.25, -0.2) is 4.98 Å². The van der Waals surface area contributed by atoms with Crippen molar-refractivity contribution in [3.63, 3.8) is 0 Å². The zero-order chi connectivity index (χ0) is 24.4. The number of likely N-dealkylation sites (tertiary alicyclic amines) is 1. The van der Waals surface area contributed by atoms with Gasteiger partial charge in [0.1, 0.15) is 11.9 Å². The maximum absolute atomic E-state index is 12.3. The lowest BCUT2D eigenvalue weighted by Crippen LogP contribution is -2.34. The lowest BCUT2D eigenvalue weighted by molar-refractivity contribution is -0.143. The number of unbranched alkanes of at least 4 members (excludes halogenated alkanes) is 1. The summed E-state index contributed by atoms with van der Waals surface area (Å²) in [6, 6.07) is 8.25. The van der Waals surface area contributed by atoms with E-state index in [2.05, 4.69) is 43.5 Å². The van der Waals surface area contributed by atoms with Gasteiger partial charge in [-0.1, -0.05) is 18.6 Å². The smallest absolute Gasteiger partial charge is 0.325 e. The van der Waals surface area contributed by atoms with E-state index in [9.17, 15) is 9.90 Å². The van der Waals surface area contributed by atoms with E-state index in [-0.39, 0.29) is 0 Å². The second kappa shape index (κ2) is 10.9. The van der Waals surface area contributed by atoms with Crippen LogP contribution in [0.15, 0.2) is 30.5 Å². The molecule has 3 unspecified atom stereocenters. The highest BCUT2D eigenvalue weighted by Gasteiger charge is 2.39. The Bertz CT molecular complexity index is 1040. The lowest BCUT2D eigenvalue weighted by Gasteiger charge is -2.27. The van der Waals surface area contributed by atoms with E-state index in [4.69, 9.17) is 4.98 Å². The van der Waals surface area contributed by atoms with Gasteiger partial charge in [0.15, 0.2) is 0 Å². The van der Waals surface area contributed by atoms with Gasteiger partial charge in [0, 0.05) is 41.7 Å².